The first-order valence-corrected chi connectivity index (χ1v) is 6.36. The van der Waals surface area contributed by atoms with E-state index in [1.54, 1.807) is 0 Å². The number of nitrogens with zero attached hydrogens (tertiary/aromatic N) is 1. The van der Waals surface area contributed by atoms with Gasteiger partial charge in [-0.05, 0) is 44.1 Å². The van der Waals surface area contributed by atoms with Gasteiger partial charge in [-0.3, -0.25) is 4.79 Å². The van der Waals surface area contributed by atoms with Crippen molar-refractivity contribution in [1.82, 2.24) is 10.2 Å². The molecule has 2 aliphatic rings. The third-order valence-electron chi connectivity index (χ3n) is 3.63. The van der Waals surface area contributed by atoms with Gasteiger partial charge in [-0.25, -0.2) is 0 Å². The van der Waals surface area contributed by atoms with E-state index in [-0.39, 0.29) is 5.91 Å². The Kier molecular flexibility index (Phi) is 4.20. The molecule has 3 N–H and O–H groups in total. The molecular formula is C13H21N3O. The van der Waals surface area contributed by atoms with Crippen molar-refractivity contribution in [2.24, 2.45) is 11.7 Å². The number of hydrogen-bond acceptors (Lipinski definition) is 3. The van der Waals surface area contributed by atoms with Gasteiger partial charge in [0.15, 0.2) is 0 Å². The van der Waals surface area contributed by atoms with Crippen LogP contribution in [0.25, 0.3) is 0 Å². The number of nitrogens with one attached hydrogen (secondary N) is 1. The first-order chi connectivity index (χ1) is 8.25. The summed E-state index contributed by atoms with van der Waals surface area (Å²) < 4.78 is 0. The van der Waals surface area contributed by atoms with E-state index in [0.717, 1.165) is 19.6 Å². The molecule has 0 bridgehead atoms. The Morgan fingerprint density at radius 1 is 1.35 bits per heavy atom. The molecule has 1 unspecified atom stereocenters. The molecule has 0 aliphatic carbocycles. The molecule has 0 spiro atoms. The van der Waals surface area contributed by atoms with Gasteiger partial charge in [0.1, 0.15) is 0 Å². The highest BCUT2D eigenvalue weighted by Gasteiger charge is 2.24. The molecule has 0 saturated carbocycles. The van der Waals surface area contributed by atoms with E-state index in [1.807, 2.05) is 12.3 Å². The zero-order valence-electron chi connectivity index (χ0n) is 10.1. The predicted molar refractivity (Wildman–Crippen MR) is 68.2 cm³/mol. The third kappa shape index (κ3) is 3.60. The number of rotatable bonds is 4. The molecule has 1 fully saturated rings. The monoisotopic (exact) mass is 235 g/mol. The van der Waals surface area contributed by atoms with Gasteiger partial charge >= 0.3 is 0 Å². The number of likely N-dealkylation sites (tertiary alicyclic amines) is 1. The summed E-state index contributed by atoms with van der Waals surface area (Å²) in [7, 11) is 0. The number of piperidine rings is 1. The predicted octanol–water partition coefficient (Wildman–Crippen LogP) is 0.615. The summed E-state index contributed by atoms with van der Waals surface area (Å²) in [5.74, 6) is 0.509. The molecular weight excluding hydrogens is 214 g/mol. The molecule has 1 atom stereocenters. The van der Waals surface area contributed by atoms with E-state index in [1.165, 1.54) is 12.8 Å². The lowest BCUT2D eigenvalue weighted by atomic mass is 9.88. The molecule has 1 saturated heterocycles. The maximum absolute atomic E-state index is 10.7. The number of primary amides is 1. The Bertz CT molecular complexity index is 317. The molecule has 4 nitrogen and oxygen atoms in total. The fraction of sp³-hybridized carbons (Fsp3) is 0.615. The Balaban J connectivity index is 1.72. The van der Waals surface area contributed by atoms with Crippen LogP contribution in [0.3, 0.4) is 0 Å². The smallest absolute Gasteiger partial charge is 0.218 e. The van der Waals surface area contributed by atoms with Crippen LogP contribution in [0.5, 0.6) is 0 Å². The maximum Gasteiger partial charge on any atom is 0.218 e. The minimum atomic E-state index is -0.200. The van der Waals surface area contributed by atoms with Crippen LogP contribution in [0.4, 0.5) is 0 Å². The molecule has 94 valence electrons. The van der Waals surface area contributed by atoms with Crippen LogP contribution in [0, 0.1) is 5.92 Å². The summed E-state index contributed by atoms with van der Waals surface area (Å²) in [6, 6.07) is 0.485. The third-order valence-corrected chi connectivity index (χ3v) is 3.63. The fourth-order valence-corrected chi connectivity index (χ4v) is 2.56. The summed E-state index contributed by atoms with van der Waals surface area (Å²) in [4.78, 5) is 13.1. The minimum absolute atomic E-state index is 0.200. The van der Waals surface area contributed by atoms with Crippen molar-refractivity contribution in [3.05, 3.63) is 24.4 Å². The lowest BCUT2D eigenvalue weighted by Crippen LogP contribution is -2.42. The van der Waals surface area contributed by atoms with E-state index < -0.39 is 0 Å². The van der Waals surface area contributed by atoms with E-state index in [9.17, 15) is 4.79 Å². The van der Waals surface area contributed by atoms with Crippen LogP contribution in [-0.4, -0.2) is 36.5 Å². The van der Waals surface area contributed by atoms with Crippen LogP contribution < -0.4 is 11.1 Å². The van der Waals surface area contributed by atoms with Gasteiger partial charge in [0.25, 0.3) is 0 Å². The van der Waals surface area contributed by atoms with Crippen LogP contribution in [0.2, 0.25) is 0 Å². The normalized spacial score (nSPS) is 25.8. The number of dihydropyridines is 1. The van der Waals surface area contributed by atoms with Crippen LogP contribution >= 0.6 is 0 Å². The number of nitrogens with two attached hydrogens (primary N) is 1. The van der Waals surface area contributed by atoms with E-state index in [0.29, 0.717) is 18.4 Å². The lowest BCUT2D eigenvalue weighted by molar-refractivity contribution is -0.118. The highest BCUT2D eigenvalue weighted by atomic mass is 16.1. The average Bonchev–Trinajstić information content (AvgIpc) is 2.38. The first-order valence-electron chi connectivity index (χ1n) is 6.36. The second kappa shape index (κ2) is 5.87. The van der Waals surface area contributed by atoms with Gasteiger partial charge in [-0.15, -0.1) is 0 Å². The van der Waals surface area contributed by atoms with E-state index in [4.69, 9.17) is 5.73 Å². The van der Waals surface area contributed by atoms with Gasteiger partial charge < -0.3 is 16.0 Å². The summed E-state index contributed by atoms with van der Waals surface area (Å²) in [6.07, 6.45) is 11.3. The minimum Gasteiger partial charge on any atom is -0.384 e. The largest absolute Gasteiger partial charge is 0.384 e. The maximum atomic E-state index is 10.7. The Morgan fingerprint density at radius 3 is 2.71 bits per heavy atom. The summed E-state index contributed by atoms with van der Waals surface area (Å²) >= 11 is 0. The number of hydrogen-bond donors (Lipinski definition) is 2. The van der Waals surface area contributed by atoms with Crippen molar-refractivity contribution in [3.63, 3.8) is 0 Å². The van der Waals surface area contributed by atoms with E-state index >= 15 is 0 Å². The standard InChI is InChI=1S/C13H21N3O/c14-13(17)6-10-16-8-4-11(5-9-16)12-3-1-2-7-15-12/h1-3,7,11-12,15H,4-6,8-10H2,(H2,14,17). The Labute approximate surface area is 103 Å². The molecule has 2 rings (SSSR count). The van der Waals surface area contributed by atoms with E-state index in [2.05, 4.69) is 22.4 Å². The molecule has 4 heteroatoms. The van der Waals surface area contributed by atoms with Crippen LogP contribution in [-0.2, 0) is 4.79 Å². The van der Waals surface area contributed by atoms with Crippen LogP contribution in [0.1, 0.15) is 19.3 Å². The summed E-state index contributed by atoms with van der Waals surface area (Å²) in [5.41, 5.74) is 5.16. The molecule has 0 aromatic carbocycles. The van der Waals surface area contributed by atoms with Crippen molar-refractivity contribution in [2.75, 3.05) is 19.6 Å². The number of carbonyl (C=O) groups is 1. The second-order valence-electron chi connectivity index (χ2n) is 4.83. The van der Waals surface area contributed by atoms with Crippen molar-refractivity contribution in [3.8, 4) is 0 Å². The number of carbonyl (C=O) groups excluding carboxylic acids is 1. The van der Waals surface area contributed by atoms with Crippen molar-refractivity contribution < 1.29 is 4.79 Å². The summed E-state index contributed by atoms with van der Waals surface area (Å²) in [6.45, 7) is 2.97. The highest BCUT2D eigenvalue weighted by Crippen LogP contribution is 2.22. The number of amides is 1. The molecule has 0 aromatic heterocycles. The molecule has 2 aliphatic heterocycles. The molecule has 17 heavy (non-hydrogen) atoms. The van der Waals surface area contributed by atoms with Crippen LogP contribution in [0.15, 0.2) is 24.4 Å². The lowest BCUT2D eigenvalue weighted by Gasteiger charge is -2.35. The average molecular weight is 235 g/mol. The van der Waals surface area contributed by atoms with Gasteiger partial charge in [0.2, 0.25) is 5.91 Å². The summed E-state index contributed by atoms with van der Waals surface area (Å²) in [5, 5.41) is 3.39. The zero-order chi connectivity index (χ0) is 12.1. The van der Waals surface area contributed by atoms with Gasteiger partial charge in [0.05, 0.1) is 0 Å². The van der Waals surface area contributed by atoms with Gasteiger partial charge in [0, 0.05) is 19.0 Å². The quantitative estimate of drug-likeness (QED) is 0.751. The van der Waals surface area contributed by atoms with Crippen molar-refractivity contribution in [2.45, 2.75) is 25.3 Å². The molecule has 1 amide bonds. The van der Waals surface area contributed by atoms with Gasteiger partial charge in [-0.1, -0.05) is 12.2 Å². The number of allylic oxidation sites excluding steroid dienone is 2. The fourth-order valence-electron chi connectivity index (χ4n) is 2.56. The van der Waals surface area contributed by atoms with Gasteiger partial charge in [-0.2, -0.15) is 0 Å². The SMILES string of the molecule is NC(=O)CCN1CCC(C2C=CC=CN2)CC1. The molecule has 0 aromatic rings. The topological polar surface area (TPSA) is 58.4 Å². The first kappa shape index (κ1) is 12.2. The Morgan fingerprint density at radius 2 is 2.12 bits per heavy atom. The zero-order valence-corrected chi connectivity index (χ0v) is 10.1. The molecule has 2 heterocycles. The second-order valence-corrected chi connectivity index (χ2v) is 4.83. The Hall–Kier alpha value is -1.29. The highest BCUT2D eigenvalue weighted by molar-refractivity contribution is 5.73. The molecule has 0 radical (unpaired) electrons. The van der Waals surface area contributed by atoms with Crippen molar-refractivity contribution >= 4 is 5.91 Å². The van der Waals surface area contributed by atoms with Crippen molar-refractivity contribution in [1.29, 1.82) is 0 Å².